The van der Waals surface area contributed by atoms with Crippen molar-refractivity contribution in [1.82, 2.24) is 10.1 Å². The van der Waals surface area contributed by atoms with Gasteiger partial charge in [-0.25, -0.2) is 0 Å². The molecule has 1 saturated carbocycles. The van der Waals surface area contributed by atoms with E-state index in [2.05, 4.69) is 5.16 Å². The molecule has 0 spiro atoms. The number of benzene rings is 2. The van der Waals surface area contributed by atoms with E-state index in [0.29, 0.717) is 31.3 Å². The van der Waals surface area contributed by atoms with E-state index in [9.17, 15) is 13.2 Å². The van der Waals surface area contributed by atoms with Crippen molar-refractivity contribution in [2.45, 2.75) is 90.0 Å². The predicted octanol–water partition coefficient (Wildman–Crippen LogP) is 7.95. The van der Waals surface area contributed by atoms with Crippen molar-refractivity contribution in [1.29, 1.82) is 0 Å². The molecule has 0 radical (unpaired) electrons. The number of hydrogen-bond acceptors (Lipinski definition) is 5. The van der Waals surface area contributed by atoms with Crippen molar-refractivity contribution < 1.29 is 22.4 Å². The van der Waals surface area contributed by atoms with Crippen LogP contribution in [-0.4, -0.2) is 22.3 Å². The van der Waals surface area contributed by atoms with E-state index >= 15 is 0 Å². The van der Waals surface area contributed by atoms with Crippen LogP contribution in [0.25, 0.3) is 0 Å². The fraction of sp³-hybridized carbons (Fsp3) is 0.517. The summed E-state index contributed by atoms with van der Waals surface area (Å²) in [5, 5.41) is 4.28. The summed E-state index contributed by atoms with van der Waals surface area (Å²) in [6.07, 6.45) is 3.23. The van der Waals surface area contributed by atoms with Crippen LogP contribution in [0.3, 0.4) is 0 Å². The first-order valence-electron chi connectivity index (χ1n) is 13.1. The van der Waals surface area contributed by atoms with Gasteiger partial charge in [-0.05, 0) is 80.6 Å². The molecule has 1 heterocycles. The molecule has 0 saturated heterocycles. The van der Waals surface area contributed by atoms with Crippen LogP contribution >= 0.6 is 0 Å². The van der Waals surface area contributed by atoms with E-state index in [1.54, 1.807) is 0 Å². The molecule has 37 heavy (non-hydrogen) atoms. The summed E-state index contributed by atoms with van der Waals surface area (Å²) in [6, 6.07) is 13.2. The lowest BCUT2D eigenvalue weighted by Gasteiger charge is -2.22. The molecule has 2 aromatic carbocycles. The minimum Gasteiger partial charge on any atom is -0.488 e. The second-order valence-electron chi connectivity index (χ2n) is 10.8. The first kappa shape index (κ1) is 27.0. The third kappa shape index (κ3) is 7.98. The Kier molecular flexibility index (Phi) is 8.45. The molecule has 1 aromatic heterocycles. The maximum Gasteiger partial charge on any atom is 0.416 e. The van der Waals surface area contributed by atoms with Gasteiger partial charge < -0.3 is 14.2 Å². The Labute approximate surface area is 217 Å². The number of halogens is 3. The molecule has 3 aromatic rings. The van der Waals surface area contributed by atoms with Crippen LogP contribution in [0.5, 0.6) is 5.75 Å². The molecule has 0 N–H and O–H groups in total. The molecule has 5 nitrogen and oxygen atoms in total. The standard InChI is InChI=1S/C29H36F3N3O2/c1-28(2,3)36-25-16-12-21(13-17-25)18-19-35(20-22-10-14-24(15-11-22)29(30,31)32)27-33-26(37-34-27)23-8-6-4-5-7-9-23/h10-17,23H,4-9,18-20H2,1-3H3. The topological polar surface area (TPSA) is 51.4 Å². The van der Waals surface area contributed by atoms with Gasteiger partial charge in [-0.1, -0.05) is 49.9 Å². The normalized spacial score (nSPS) is 15.4. The van der Waals surface area contributed by atoms with Crippen molar-refractivity contribution in [3.63, 3.8) is 0 Å². The highest BCUT2D eigenvalue weighted by atomic mass is 19.4. The maximum absolute atomic E-state index is 13.0. The van der Waals surface area contributed by atoms with Crippen LogP contribution in [0.2, 0.25) is 0 Å². The molecule has 8 heteroatoms. The van der Waals surface area contributed by atoms with E-state index in [-0.39, 0.29) is 11.5 Å². The minimum absolute atomic E-state index is 0.270. The minimum atomic E-state index is -4.36. The predicted molar refractivity (Wildman–Crippen MR) is 138 cm³/mol. The summed E-state index contributed by atoms with van der Waals surface area (Å²) in [6.45, 7) is 6.99. The number of rotatable bonds is 8. The summed E-state index contributed by atoms with van der Waals surface area (Å²) in [5.74, 6) is 2.22. The van der Waals surface area contributed by atoms with Crippen LogP contribution in [0.1, 0.15) is 87.8 Å². The quantitative estimate of drug-likeness (QED) is 0.285. The van der Waals surface area contributed by atoms with Crippen molar-refractivity contribution >= 4 is 5.95 Å². The van der Waals surface area contributed by atoms with E-state index in [0.717, 1.165) is 54.7 Å². The fourth-order valence-corrected chi connectivity index (χ4v) is 4.66. The molecular formula is C29H36F3N3O2. The van der Waals surface area contributed by atoms with Crippen molar-refractivity contribution in [2.24, 2.45) is 0 Å². The van der Waals surface area contributed by atoms with Gasteiger partial charge in [-0.15, -0.1) is 0 Å². The second-order valence-corrected chi connectivity index (χ2v) is 10.8. The number of nitrogens with zero attached hydrogens (tertiary/aromatic N) is 3. The molecule has 0 bridgehead atoms. The van der Waals surface area contributed by atoms with Crippen LogP contribution in [0.4, 0.5) is 19.1 Å². The lowest BCUT2D eigenvalue weighted by molar-refractivity contribution is -0.137. The van der Waals surface area contributed by atoms with E-state index in [4.69, 9.17) is 14.2 Å². The van der Waals surface area contributed by atoms with Gasteiger partial charge in [0.1, 0.15) is 11.4 Å². The van der Waals surface area contributed by atoms with Gasteiger partial charge in [0.25, 0.3) is 5.95 Å². The Morgan fingerprint density at radius 2 is 1.51 bits per heavy atom. The largest absolute Gasteiger partial charge is 0.488 e. The van der Waals surface area contributed by atoms with Gasteiger partial charge in [-0.2, -0.15) is 18.2 Å². The zero-order chi connectivity index (χ0) is 26.5. The number of alkyl halides is 3. The molecule has 0 aliphatic heterocycles. The zero-order valence-electron chi connectivity index (χ0n) is 21.9. The van der Waals surface area contributed by atoms with E-state index in [1.807, 2.05) is 49.9 Å². The fourth-order valence-electron chi connectivity index (χ4n) is 4.66. The van der Waals surface area contributed by atoms with Gasteiger partial charge in [0.2, 0.25) is 5.89 Å². The van der Waals surface area contributed by atoms with Gasteiger partial charge in [0, 0.05) is 19.0 Å². The Bertz CT molecular complexity index is 1110. The monoisotopic (exact) mass is 515 g/mol. The average molecular weight is 516 g/mol. The first-order valence-corrected chi connectivity index (χ1v) is 13.1. The van der Waals surface area contributed by atoms with Gasteiger partial charge >= 0.3 is 6.18 Å². The third-order valence-electron chi connectivity index (χ3n) is 6.59. The van der Waals surface area contributed by atoms with Crippen molar-refractivity contribution in [3.8, 4) is 5.75 Å². The second kappa shape index (κ2) is 11.6. The van der Waals surface area contributed by atoms with Crippen LogP contribution < -0.4 is 9.64 Å². The summed E-state index contributed by atoms with van der Waals surface area (Å²) < 4.78 is 50.7. The van der Waals surface area contributed by atoms with E-state index in [1.165, 1.54) is 25.0 Å². The molecular weight excluding hydrogens is 479 g/mol. The molecule has 0 amide bonds. The summed E-state index contributed by atoms with van der Waals surface area (Å²) in [4.78, 5) is 6.72. The molecule has 0 unspecified atom stereocenters. The van der Waals surface area contributed by atoms with Crippen molar-refractivity contribution in [3.05, 3.63) is 71.1 Å². The Hall–Kier alpha value is -3.03. The smallest absolute Gasteiger partial charge is 0.416 e. The van der Waals surface area contributed by atoms with Gasteiger partial charge in [0.05, 0.1) is 5.56 Å². The number of hydrogen-bond donors (Lipinski definition) is 0. The first-order chi connectivity index (χ1) is 17.6. The Balaban J connectivity index is 1.50. The molecule has 1 fully saturated rings. The van der Waals surface area contributed by atoms with Crippen LogP contribution in [0.15, 0.2) is 53.1 Å². The molecule has 1 aliphatic carbocycles. The Morgan fingerprint density at radius 3 is 2.11 bits per heavy atom. The van der Waals surface area contributed by atoms with Gasteiger partial charge in [0.15, 0.2) is 0 Å². The van der Waals surface area contributed by atoms with Crippen LogP contribution in [-0.2, 0) is 19.1 Å². The summed E-state index contributed by atoms with van der Waals surface area (Å²) in [5.41, 5.74) is 0.942. The Morgan fingerprint density at radius 1 is 0.892 bits per heavy atom. The highest BCUT2D eigenvalue weighted by Gasteiger charge is 2.30. The molecule has 4 rings (SSSR count). The van der Waals surface area contributed by atoms with Crippen LogP contribution in [0, 0.1) is 0 Å². The lowest BCUT2D eigenvalue weighted by Crippen LogP contribution is -2.26. The third-order valence-corrected chi connectivity index (χ3v) is 6.59. The number of ether oxygens (including phenoxy) is 1. The summed E-state index contributed by atoms with van der Waals surface area (Å²) >= 11 is 0. The number of aromatic nitrogens is 2. The molecule has 200 valence electrons. The SMILES string of the molecule is CC(C)(C)Oc1ccc(CCN(Cc2ccc(C(F)(F)F)cc2)c2noc(C3CCCCCC3)n2)cc1. The van der Waals surface area contributed by atoms with E-state index < -0.39 is 11.7 Å². The van der Waals surface area contributed by atoms with Crippen molar-refractivity contribution in [2.75, 3.05) is 11.4 Å². The lowest BCUT2D eigenvalue weighted by atomic mass is 10.0. The molecule has 1 aliphatic rings. The highest BCUT2D eigenvalue weighted by molar-refractivity contribution is 5.34. The van der Waals surface area contributed by atoms with Gasteiger partial charge in [-0.3, -0.25) is 0 Å². The zero-order valence-corrected chi connectivity index (χ0v) is 21.9. The maximum atomic E-state index is 13.0. The number of anilines is 1. The average Bonchev–Trinajstić information content (AvgIpc) is 3.16. The molecule has 0 atom stereocenters. The summed E-state index contributed by atoms with van der Waals surface area (Å²) in [7, 11) is 0. The highest BCUT2D eigenvalue weighted by Crippen LogP contribution is 2.32.